The highest BCUT2D eigenvalue weighted by atomic mass is 16.5. The summed E-state index contributed by atoms with van der Waals surface area (Å²) < 4.78 is 15.3. The second-order valence-corrected chi connectivity index (χ2v) is 7.69. The average molecular weight is 457 g/mol. The summed E-state index contributed by atoms with van der Waals surface area (Å²) in [5.41, 5.74) is 2.48. The van der Waals surface area contributed by atoms with E-state index in [4.69, 9.17) is 13.8 Å². The summed E-state index contributed by atoms with van der Waals surface area (Å²) in [4.78, 5) is 27.6. The minimum absolute atomic E-state index is 0.0796. The molecule has 1 atom stereocenters. The normalized spacial score (nSPS) is 17.4. The SMILES string of the molecule is COc1ccc(/C(O)=C2/C(=O)C(=O)N(c3ccc(-c4ccon4)cc3)C2c2cc(C)on2)cc1. The van der Waals surface area contributed by atoms with Crippen LogP contribution in [0.1, 0.15) is 23.1 Å². The van der Waals surface area contributed by atoms with Gasteiger partial charge in [0.25, 0.3) is 11.7 Å². The Morgan fingerprint density at radius 2 is 1.76 bits per heavy atom. The number of amides is 1. The van der Waals surface area contributed by atoms with Gasteiger partial charge in [-0.1, -0.05) is 22.4 Å². The maximum atomic E-state index is 13.2. The molecule has 0 aliphatic carbocycles. The molecule has 1 fully saturated rings. The van der Waals surface area contributed by atoms with Crippen LogP contribution < -0.4 is 9.64 Å². The van der Waals surface area contributed by atoms with Gasteiger partial charge in [0, 0.05) is 28.9 Å². The number of hydrogen-bond acceptors (Lipinski definition) is 8. The monoisotopic (exact) mass is 457 g/mol. The molecule has 2 aromatic heterocycles. The first kappa shape index (κ1) is 21.2. The van der Waals surface area contributed by atoms with E-state index in [1.807, 2.05) is 0 Å². The lowest BCUT2D eigenvalue weighted by Crippen LogP contribution is -2.29. The van der Waals surface area contributed by atoms with Gasteiger partial charge in [0.15, 0.2) is 0 Å². The molecule has 0 bridgehead atoms. The maximum absolute atomic E-state index is 13.2. The van der Waals surface area contributed by atoms with E-state index in [0.717, 1.165) is 5.56 Å². The zero-order chi connectivity index (χ0) is 23.8. The van der Waals surface area contributed by atoms with Crippen LogP contribution >= 0.6 is 0 Å². The third kappa shape index (κ3) is 3.53. The summed E-state index contributed by atoms with van der Waals surface area (Å²) in [5.74, 6) is -0.817. The van der Waals surface area contributed by atoms with E-state index in [0.29, 0.717) is 34.1 Å². The fraction of sp³-hybridized carbons (Fsp3) is 0.120. The van der Waals surface area contributed by atoms with Gasteiger partial charge < -0.3 is 18.9 Å². The van der Waals surface area contributed by atoms with E-state index in [-0.39, 0.29) is 11.3 Å². The summed E-state index contributed by atoms with van der Waals surface area (Å²) in [6.45, 7) is 1.71. The summed E-state index contributed by atoms with van der Waals surface area (Å²) in [5, 5.41) is 19.1. The number of ketones is 1. The second-order valence-electron chi connectivity index (χ2n) is 7.69. The second kappa shape index (κ2) is 8.36. The highest BCUT2D eigenvalue weighted by Gasteiger charge is 2.48. The molecular formula is C25H19N3O6. The third-order valence-electron chi connectivity index (χ3n) is 5.61. The van der Waals surface area contributed by atoms with Gasteiger partial charge in [0.05, 0.1) is 12.7 Å². The molecule has 0 saturated carbocycles. The Morgan fingerprint density at radius 3 is 2.35 bits per heavy atom. The van der Waals surface area contributed by atoms with Crippen LogP contribution in [0.5, 0.6) is 5.75 Å². The van der Waals surface area contributed by atoms with Crippen LogP contribution in [0.3, 0.4) is 0 Å². The van der Waals surface area contributed by atoms with Gasteiger partial charge in [-0.3, -0.25) is 14.5 Å². The first-order valence-corrected chi connectivity index (χ1v) is 10.4. The Balaban J connectivity index is 1.63. The van der Waals surface area contributed by atoms with Crippen molar-refractivity contribution >= 4 is 23.1 Å². The minimum Gasteiger partial charge on any atom is -0.507 e. The molecule has 1 amide bonds. The quantitative estimate of drug-likeness (QED) is 0.268. The molecule has 3 heterocycles. The van der Waals surface area contributed by atoms with Crippen LogP contribution in [-0.2, 0) is 9.59 Å². The van der Waals surface area contributed by atoms with E-state index in [2.05, 4.69) is 10.3 Å². The molecule has 4 aromatic rings. The number of Topliss-reactive ketones (excluding diaryl/α,β-unsaturated/α-hetero) is 1. The van der Waals surface area contributed by atoms with Crippen LogP contribution in [-0.4, -0.2) is 34.2 Å². The standard InChI is InChI=1S/C25H19N3O6/c1-14-13-20(27-34-14)22-21(23(29)16-5-9-18(32-2)10-6-16)24(30)25(31)28(22)17-7-3-15(4-8-17)19-11-12-33-26-19/h3-13,22,29H,1-2H3/b23-21-. The van der Waals surface area contributed by atoms with Gasteiger partial charge in [0.2, 0.25) is 0 Å². The van der Waals surface area contributed by atoms with Crippen molar-refractivity contribution in [2.24, 2.45) is 0 Å². The van der Waals surface area contributed by atoms with E-state index in [1.165, 1.54) is 18.3 Å². The summed E-state index contributed by atoms with van der Waals surface area (Å²) in [6, 6.07) is 15.8. The van der Waals surface area contributed by atoms with Crippen LogP contribution in [0.4, 0.5) is 5.69 Å². The molecule has 1 aliphatic rings. The number of anilines is 1. The van der Waals surface area contributed by atoms with Gasteiger partial charge in [-0.05, 0) is 43.3 Å². The largest absolute Gasteiger partial charge is 0.507 e. The number of aliphatic hydroxyl groups excluding tert-OH is 1. The summed E-state index contributed by atoms with van der Waals surface area (Å²) in [7, 11) is 1.53. The van der Waals surface area contributed by atoms with Crippen LogP contribution in [0.15, 0.2) is 81.5 Å². The molecule has 34 heavy (non-hydrogen) atoms. The number of carbonyl (C=O) groups is 2. The van der Waals surface area contributed by atoms with Crippen LogP contribution in [0.2, 0.25) is 0 Å². The number of benzene rings is 2. The number of aromatic nitrogens is 2. The number of aryl methyl sites for hydroxylation is 1. The lowest BCUT2D eigenvalue weighted by Gasteiger charge is -2.23. The van der Waals surface area contributed by atoms with Crippen LogP contribution in [0, 0.1) is 6.92 Å². The molecular weight excluding hydrogens is 438 g/mol. The summed E-state index contributed by atoms with van der Waals surface area (Å²) >= 11 is 0. The van der Waals surface area contributed by atoms with Crippen molar-refractivity contribution in [1.82, 2.24) is 10.3 Å². The van der Waals surface area contributed by atoms with E-state index in [1.54, 1.807) is 67.6 Å². The van der Waals surface area contributed by atoms with E-state index < -0.39 is 17.7 Å². The van der Waals surface area contributed by atoms with Crippen molar-refractivity contribution in [2.75, 3.05) is 12.0 Å². The average Bonchev–Trinajstić information content (AvgIpc) is 3.60. The van der Waals surface area contributed by atoms with E-state index in [9.17, 15) is 14.7 Å². The third-order valence-corrected chi connectivity index (χ3v) is 5.61. The Hall–Kier alpha value is -4.66. The molecule has 1 N–H and O–H groups in total. The van der Waals surface area contributed by atoms with Crippen molar-refractivity contribution in [2.45, 2.75) is 13.0 Å². The molecule has 0 spiro atoms. The maximum Gasteiger partial charge on any atom is 0.300 e. The number of ether oxygens (including phenoxy) is 1. The van der Waals surface area contributed by atoms with Gasteiger partial charge >= 0.3 is 0 Å². The minimum atomic E-state index is -0.975. The number of carbonyl (C=O) groups excluding carboxylic acids is 2. The van der Waals surface area contributed by atoms with Crippen molar-refractivity contribution in [3.05, 3.63) is 89.5 Å². The highest BCUT2D eigenvalue weighted by Crippen LogP contribution is 2.42. The van der Waals surface area contributed by atoms with Crippen LogP contribution in [0.25, 0.3) is 17.0 Å². The van der Waals surface area contributed by atoms with E-state index >= 15 is 0 Å². The zero-order valence-electron chi connectivity index (χ0n) is 18.3. The van der Waals surface area contributed by atoms with Crippen molar-refractivity contribution in [1.29, 1.82) is 0 Å². The molecule has 0 radical (unpaired) electrons. The Labute approximate surface area is 193 Å². The predicted molar refractivity (Wildman–Crippen MR) is 121 cm³/mol. The smallest absolute Gasteiger partial charge is 0.300 e. The zero-order valence-corrected chi connectivity index (χ0v) is 18.3. The molecule has 9 heteroatoms. The fourth-order valence-corrected chi connectivity index (χ4v) is 3.95. The van der Waals surface area contributed by atoms with Crippen molar-refractivity contribution in [3.63, 3.8) is 0 Å². The number of hydrogen-bond donors (Lipinski definition) is 1. The van der Waals surface area contributed by atoms with Gasteiger partial charge in [-0.25, -0.2) is 0 Å². The lowest BCUT2D eigenvalue weighted by atomic mass is 9.98. The number of methoxy groups -OCH3 is 1. The molecule has 170 valence electrons. The fourth-order valence-electron chi connectivity index (χ4n) is 3.95. The molecule has 1 saturated heterocycles. The number of rotatable bonds is 5. The lowest BCUT2D eigenvalue weighted by molar-refractivity contribution is -0.132. The molecule has 1 aliphatic heterocycles. The topological polar surface area (TPSA) is 119 Å². The van der Waals surface area contributed by atoms with Crippen molar-refractivity contribution in [3.8, 4) is 17.0 Å². The molecule has 2 aromatic carbocycles. The Kier molecular flexibility index (Phi) is 5.21. The molecule has 9 nitrogen and oxygen atoms in total. The number of aliphatic hydroxyl groups is 1. The molecule has 5 rings (SSSR count). The molecule has 1 unspecified atom stereocenters. The van der Waals surface area contributed by atoms with Crippen molar-refractivity contribution < 1.29 is 28.5 Å². The van der Waals surface area contributed by atoms with Gasteiger partial charge in [0.1, 0.15) is 41.0 Å². The Morgan fingerprint density at radius 1 is 1.03 bits per heavy atom. The highest BCUT2D eigenvalue weighted by molar-refractivity contribution is 6.51. The van der Waals surface area contributed by atoms with Gasteiger partial charge in [-0.15, -0.1) is 0 Å². The summed E-state index contributed by atoms with van der Waals surface area (Å²) in [6.07, 6.45) is 1.47. The van der Waals surface area contributed by atoms with Gasteiger partial charge in [-0.2, -0.15) is 0 Å². The Bertz CT molecular complexity index is 1390. The predicted octanol–water partition coefficient (Wildman–Crippen LogP) is 4.27. The first-order chi connectivity index (χ1) is 16.5. The number of nitrogens with zero attached hydrogens (tertiary/aromatic N) is 3. The first-order valence-electron chi connectivity index (χ1n) is 10.4.